The Hall–Kier alpha value is -4.12. The summed E-state index contributed by atoms with van der Waals surface area (Å²) in [6.07, 6.45) is 0. The third-order valence-corrected chi connectivity index (χ3v) is 6.57. The van der Waals surface area contributed by atoms with E-state index in [9.17, 15) is 17.6 Å². The predicted molar refractivity (Wildman–Crippen MR) is 125 cm³/mol. The number of tetrazole rings is 1. The Balaban J connectivity index is 1.62. The molecule has 4 aromatic rings. The monoisotopic (exact) mass is 480 g/mol. The van der Waals surface area contributed by atoms with Gasteiger partial charge in [-0.2, -0.15) is 4.68 Å². The number of carbonyl (C=O) groups excluding carboxylic acids is 1. The molecular formula is C23H21FN6O3S. The molecule has 0 saturated carbocycles. The summed E-state index contributed by atoms with van der Waals surface area (Å²) in [6.45, 7) is 5.35. The molecule has 2 N–H and O–H groups in total. The highest BCUT2D eigenvalue weighted by molar-refractivity contribution is 7.92. The summed E-state index contributed by atoms with van der Waals surface area (Å²) >= 11 is 0. The molecule has 1 aromatic heterocycles. The van der Waals surface area contributed by atoms with E-state index in [-0.39, 0.29) is 16.1 Å². The van der Waals surface area contributed by atoms with Crippen molar-refractivity contribution in [2.75, 3.05) is 10.0 Å². The zero-order valence-corrected chi connectivity index (χ0v) is 19.4. The summed E-state index contributed by atoms with van der Waals surface area (Å²) in [4.78, 5) is 12.9. The van der Waals surface area contributed by atoms with Crippen molar-refractivity contribution in [1.29, 1.82) is 0 Å². The SMILES string of the molecule is Cc1ccc(S(=O)(=O)Nc2ccccc2F)cc1C(=O)Nc1ccc(C)c(-n2nnnc2C)c1. The van der Waals surface area contributed by atoms with Gasteiger partial charge in [0.25, 0.3) is 15.9 Å². The lowest BCUT2D eigenvalue weighted by molar-refractivity contribution is 0.102. The first-order chi connectivity index (χ1) is 16.2. The molecule has 0 bridgehead atoms. The van der Waals surface area contributed by atoms with E-state index in [1.165, 1.54) is 36.4 Å². The fraction of sp³-hybridized carbons (Fsp3) is 0.130. The maximum Gasteiger partial charge on any atom is 0.262 e. The number of hydrogen-bond acceptors (Lipinski definition) is 6. The number of hydrogen-bond donors (Lipinski definition) is 2. The number of benzene rings is 3. The Kier molecular flexibility index (Phi) is 6.12. The van der Waals surface area contributed by atoms with Crippen LogP contribution in [0.2, 0.25) is 0 Å². The number of nitrogens with zero attached hydrogens (tertiary/aromatic N) is 4. The van der Waals surface area contributed by atoms with Gasteiger partial charge in [-0.25, -0.2) is 12.8 Å². The smallest absolute Gasteiger partial charge is 0.262 e. The number of anilines is 2. The van der Waals surface area contributed by atoms with Crippen LogP contribution in [-0.2, 0) is 10.0 Å². The predicted octanol–water partition coefficient (Wildman–Crippen LogP) is 3.78. The highest BCUT2D eigenvalue weighted by atomic mass is 32.2. The Morgan fingerprint density at radius 3 is 2.41 bits per heavy atom. The van der Waals surface area contributed by atoms with Crippen LogP contribution in [0.1, 0.15) is 27.3 Å². The van der Waals surface area contributed by atoms with Crippen molar-refractivity contribution < 1.29 is 17.6 Å². The van der Waals surface area contributed by atoms with Gasteiger partial charge in [0.2, 0.25) is 0 Å². The number of aromatic nitrogens is 4. The molecule has 3 aromatic carbocycles. The second-order valence-electron chi connectivity index (χ2n) is 7.66. The summed E-state index contributed by atoms with van der Waals surface area (Å²) in [5, 5.41) is 14.3. The van der Waals surface area contributed by atoms with Crippen LogP contribution in [0.15, 0.2) is 65.6 Å². The molecule has 0 saturated heterocycles. The number of rotatable bonds is 6. The van der Waals surface area contributed by atoms with E-state index in [0.29, 0.717) is 22.8 Å². The molecule has 34 heavy (non-hydrogen) atoms. The molecule has 9 nitrogen and oxygen atoms in total. The molecule has 11 heteroatoms. The van der Waals surface area contributed by atoms with E-state index in [4.69, 9.17) is 0 Å². The van der Waals surface area contributed by atoms with Crippen LogP contribution < -0.4 is 10.0 Å². The largest absolute Gasteiger partial charge is 0.322 e. The topological polar surface area (TPSA) is 119 Å². The molecule has 1 amide bonds. The first-order valence-corrected chi connectivity index (χ1v) is 11.7. The first-order valence-electron chi connectivity index (χ1n) is 10.2. The van der Waals surface area contributed by atoms with Gasteiger partial charge in [-0.15, -0.1) is 5.10 Å². The van der Waals surface area contributed by atoms with Crippen molar-refractivity contribution >= 4 is 27.3 Å². The third-order valence-electron chi connectivity index (χ3n) is 5.20. The summed E-state index contributed by atoms with van der Waals surface area (Å²) in [5.74, 6) is -0.615. The average Bonchev–Trinajstić information content (AvgIpc) is 3.22. The lowest BCUT2D eigenvalue weighted by Crippen LogP contribution is -2.17. The Morgan fingerprint density at radius 2 is 1.71 bits per heavy atom. The number of aryl methyl sites for hydroxylation is 3. The highest BCUT2D eigenvalue weighted by Crippen LogP contribution is 2.23. The van der Waals surface area contributed by atoms with Crippen LogP contribution in [0.5, 0.6) is 0 Å². The van der Waals surface area contributed by atoms with Gasteiger partial charge in [-0.05, 0) is 78.7 Å². The van der Waals surface area contributed by atoms with E-state index in [1.807, 2.05) is 13.0 Å². The fourth-order valence-electron chi connectivity index (χ4n) is 3.33. The Morgan fingerprint density at radius 1 is 0.971 bits per heavy atom. The average molecular weight is 481 g/mol. The lowest BCUT2D eigenvalue weighted by Gasteiger charge is -2.13. The maximum absolute atomic E-state index is 13.9. The van der Waals surface area contributed by atoms with Crippen LogP contribution in [0, 0.1) is 26.6 Å². The van der Waals surface area contributed by atoms with Crippen LogP contribution in [0.25, 0.3) is 5.69 Å². The van der Waals surface area contributed by atoms with Gasteiger partial charge < -0.3 is 5.32 Å². The van der Waals surface area contributed by atoms with Gasteiger partial charge in [-0.3, -0.25) is 9.52 Å². The van der Waals surface area contributed by atoms with Crippen molar-refractivity contribution in [3.05, 3.63) is 89.0 Å². The van der Waals surface area contributed by atoms with E-state index in [1.54, 1.807) is 30.7 Å². The molecule has 0 atom stereocenters. The second kappa shape index (κ2) is 9.02. The number of para-hydroxylation sites is 1. The molecule has 0 aliphatic heterocycles. The fourth-order valence-corrected chi connectivity index (χ4v) is 4.42. The first kappa shape index (κ1) is 23.1. The second-order valence-corrected chi connectivity index (χ2v) is 9.34. The van der Waals surface area contributed by atoms with Crippen LogP contribution >= 0.6 is 0 Å². The zero-order chi connectivity index (χ0) is 24.5. The molecule has 0 radical (unpaired) electrons. The minimum Gasteiger partial charge on any atom is -0.322 e. The molecule has 4 rings (SSSR count). The molecule has 0 unspecified atom stereocenters. The van der Waals surface area contributed by atoms with E-state index >= 15 is 0 Å². The van der Waals surface area contributed by atoms with Gasteiger partial charge in [0.15, 0.2) is 5.82 Å². The maximum atomic E-state index is 13.9. The van der Waals surface area contributed by atoms with E-state index in [0.717, 1.165) is 11.6 Å². The van der Waals surface area contributed by atoms with Gasteiger partial charge in [-0.1, -0.05) is 24.3 Å². The molecule has 0 aliphatic carbocycles. The van der Waals surface area contributed by atoms with Gasteiger partial charge in [0.05, 0.1) is 16.3 Å². The van der Waals surface area contributed by atoms with Crippen molar-refractivity contribution in [1.82, 2.24) is 20.2 Å². The summed E-state index contributed by atoms with van der Waals surface area (Å²) in [5.41, 5.74) is 2.64. The normalized spacial score (nSPS) is 11.3. The van der Waals surface area contributed by atoms with E-state index in [2.05, 4.69) is 25.6 Å². The Bertz CT molecular complexity index is 1500. The summed E-state index contributed by atoms with van der Waals surface area (Å²) < 4.78 is 43.3. The summed E-state index contributed by atoms with van der Waals surface area (Å²) in [7, 11) is -4.12. The van der Waals surface area contributed by atoms with Crippen LogP contribution in [0.3, 0.4) is 0 Å². The number of amides is 1. The lowest BCUT2D eigenvalue weighted by atomic mass is 10.1. The van der Waals surface area contributed by atoms with Crippen molar-refractivity contribution in [3.63, 3.8) is 0 Å². The molecule has 0 aliphatic rings. The molecule has 0 spiro atoms. The van der Waals surface area contributed by atoms with Gasteiger partial charge >= 0.3 is 0 Å². The number of halogens is 1. The highest BCUT2D eigenvalue weighted by Gasteiger charge is 2.20. The van der Waals surface area contributed by atoms with Crippen molar-refractivity contribution in [3.8, 4) is 5.69 Å². The van der Waals surface area contributed by atoms with Crippen molar-refractivity contribution in [2.24, 2.45) is 0 Å². The molecular weight excluding hydrogens is 459 g/mol. The molecule has 174 valence electrons. The third kappa shape index (κ3) is 4.64. The summed E-state index contributed by atoms with van der Waals surface area (Å²) in [6, 6.07) is 14.9. The van der Waals surface area contributed by atoms with Crippen LogP contribution in [-0.4, -0.2) is 34.5 Å². The molecule has 1 heterocycles. The van der Waals surface area contributed by atoms with Crippen LogP contribution in [0.4, 0.5) is 15.8 Å². The quantitative estimate of drug-likeness (QED) is 0.434. The van der Waals surface area contributed by atoms with Gasteiger partial charge in [0.1, 0.15) is 5.82 Å². The number of carbonyl (C=O) groups is 1. The van der Waals surface area contributed by atoms with Crippen molar-refractivity contribution in [2.45, 2.75) is 25.7 Å². The van der Waals surface area contributed by atoms with Gasteiger partial charge in [0, 0.05) is 11.3 Å². The minimum atomic E-state index is -4.12. The molecule has 0 fully saturated rings. The minimum absolute atomic E-state index is 0.164. The standard InChI is InChI=1S/C23H21FN6O3S/c1-14-9-11-18(34(32,33)27-21-7-5-4-6-20(21)24)13-19(14)23(31)25-17-10-8-15(2)22(12-17)30-16(3)26-28-29-30/h4-13,27H,1-3H3,(H,25,31). The number of sulfonamides is 1. The Labute approximate surface area is 195 Å². The van der Waals surface area contributed by atoms with E-state index < -0.39 is 21.7 Å². The number of nitrogens with one attached hydrogen (secondary N) is 2. The zero-order valence-electron chi connectivity index (χ0n) is 18.6.